The molecule has 0 aromatic heterocycles. The molecule has 1 nitrogen and oxygen atoms in total. The van der Waals surface area contributed by atoms with Gasteiger partial charge in [0.25, 0.3) is 0 Å². The van der Waals surface area contributed by atoms with Crippen molar-refractivity contribution < 1.29 is 5.11 Å². The Hall–Kier alpha value is -0.120. The summed E-state index contributed by atoms with van der Waals surface area (Å²) in [5.74, 6) is 2.39. The normalized spacial score (nSPS) is 10.4. The third kappa shape index (κ3) is 4.40. The predicted octanol–water partition coefficient (Wildman–Crippen LogP) is 3.02. The molecule has 14 heavy (non-hydrogen) atoms. The molecule has 0 fully saturated rings. The highest BCUT2D eigenvalue weighted by Crippen LogP contribution is 2.20. The van der Waals surface area contributed by atoms with Crippen molar-refractivity contribution in [2.45, 2.75) is 17.9 Å². The van der Waals surface area contributed by atoms with E-state index >= 15 is 0 Å². The van der Waals surface area contributed by atoms with Crippen molar-refractivity contribution in [1.82, 2.24) is 0 Å². The van der Waals surface area contributed by atoms with Crippen molar-refractivity contribution in [2.75, 3.05) is 17.8 Å². The van der Waals surface area contributed by atoms with Crippen LogP contribution in [0.5, 0.6) is 0 Å². The first-order valence-corrected chi connectivity index (χ1v) is 7.06. The quantitative estimate of drug-likeness (QED) is 0.597. The van der Waals surface area contributed by atoms with Crippen LogP contribution in [-0.4, -0.2) is 22.9 Å². The van der Waals surface area contributed by atoms with Gasteiger partial charge in [-0.3, -0.25) is 0 Å². The van der Waals surface area contributed by atoms with Crippen LogP contribution >= 0.6 is 23.5 Å². The Morgan fingerprint density at radius 2 is 2.14 bits per heavy atom. The summed E-state index contributed by atoms with van der Waals surface area (Å²) >= 11 is 3.76. The zero-order valence-corrected chi connectivity index (χ0v) is 10.0. The molecule has 0 saturated carbocycles. The van der Waals surface area contributed by atoms with E-state index in [1.165, 1.54) is 17.1 Å². The van der Waals surface area contributed by atoms with Gasteiger partial charge in [0.15, 0.2) is 0 Å². The number of aliphatic hydroxyl groups is 1. The molecule has 0 amide bonds. The number of rotatable bonds is 6. The molecule has 0 bridgehead atoms. The molecule has 1 rings (SSSR count). The van der Waals surface area contributed by atoms with E-state index in [1.54, 1.807) is 0 Å². The largest absolute Gasteiger partial charge is 0.392 e. The summed E-state index contributed by atoms with van der Waals surface area (Å²) in [6, 6.07) is 8.11. The van der Waals surface area contributed by atoms with Crippen molar-refractivity contribution in [2.24, 2.45) is 0 Å². The van der Waals surface area contributed by atoms with Crippen LogP contribution in [0.3, 0.4) is 0 Å². The van der Waals surface area contributed by atoms with Gasteiger partial charge in [-0.05, 0) is 41.9 Å². The van der Waals surface area contributed by atoms with Crippen molar-refractivity contribution in [1.29, 1.82) is 0 Å². The summed E-state index contributed by atoms with van der Waals surface area (Å²) in [5.41, 5.74) is 1.000. The van der Waals surface area contributed by atoms with Gasteiger partial charge in [-0.2, -0.15) is 11.8 Å². The molecule has 3 heteroatoms. The first kappa shape index (κ1) is 12.0. The van der Waals surface area contributed by atoms with Crippen molar-refractivity contribution in [3.05, 3.63) is 29.8 Å². The van der Waals surface area contributed by atoms with Crippen LogP contribution < -0.4 is 0 Å². The fourth-order valence-corrected chi connectivity index (χ4v) is 2.68. The maximum atomic E-state index is 8.96. The third-order valence-electron chi connectivity index (χ3n) is 1.84. The van der Waals surface area contributed by atoms with Gasteiger partial charge in [0, 0.05) is 4.90 Å². The van der Waals surface area contributed by atoms with E-state index in [0.29, 0.717) is 0 Å². The molecule has 1 aromatic carbocycles. The molecule has 1 N–H and O–H groups in total. The smallest absolute Gasteiger partial charge is 0.0682 e. The predicted molar refractivity (Wildman–Crippen MR) is 66.1 cm³/mol. The van der Waals surface area contributed by atoms with Gasteiger partial charge >= 0.3 is 0 Å². The van der Waals surface area contributed by atoms with Crippen LogP contribution in [0.4, 0.5) is 0 Å². The Morgan fingerprint density at radius 1 is 1.29 bits per heavy atom. The molecule has 0 aliphatic heterocycles. The number of hydrogen-bond donors (Lipinski definition) is 1. The molecule has 0 unspecified atom stereocenters. The fourth-order valence-electron chi connectivity index (χ4n) is 1.13. The SMILES string of the molecule is CSCCCSc1cccc(CO)c1. The van der Waals surface area contributed by atoms with Gasteiger partial charge < -0.3 is 5.11 Å². The van der Waals surface area contributed by atoms with Gasteiger partial charge in [0.2, 0.25) is 0 Å². The van der Waals surface area contributed by atoms with Gasteiger partial charge in [0.1, 0.15) is 0 Å². The Kier molecular flexibility index (Phi) is 6.15. The number of aliphatic hydroxyl groups excluding tert-OH is 1. The molecule has 0 saturated heterocycles. The third-order valence-corrected chi connectivity index (χ3v) is 3.62. The van der Waals surface area contributed by atoms with Crippen molar-refractivity contribution in [3.63, 3.8) is 0 Å². The molecule has 0 radical (unpaired) electrons. The van der Waals surface area contributed by atoms with E-state index in [-0.39, 0.29) is 6.61 Å². The Balaban J connectivity index is 2.34. The Labute approximate surface area is 94.3 Å². The Morgan fingerprint density at radius 3 is 2.86 bits per heavy atom. The maximum Gasteiger partial charge on any atom is 0.0682 e. The molecule has 0 aliphatic carbocycles. The molecule has 0 heterocycles. The second-order valence-corrected chi connectivity index (χ2v) is 5.15. The molecule has 0 spiro atoms. The minimum atomic E-state index is 0.138. The van der Waals surface area contributed by atoms with Crippen LogP contribution in [0, 0.1) is 0 Å². The number of thioether (sulfide) groups is 2. The minimum Gasteiger partial charge on any atom is -0.392 e. The van der Waals surface area contributed by atoms with Crippen LogP contribution in [0.25, 0.3) is 0 Å². The highest BCUT2D eigenvalue weighted by Gasteiger charge is 1.95. The van der Waals surface area contributed by atoms with Crippen LogP contribution in [0.2, 0.25) is 0 Å². The average Bonchev–Trinajstić information content (AvgIpc) is 2.25. The second-order valence-electron chi connectivity index (χ2n) is 3.00. The first-order valence-electron chi connectivity index (χ1n) is 4.68. The van der Waals surface area contributed by atoms with E-state index in [2.05, 4.69) is 18.4 Å². The monoisotopic (exact) mass is 228 g/mol. The standard InChI is InChI=1S/C11H16OS2/c1-13-6-3-7-14-11-5-2-4-10(8-11)9-12/h2,4-5,8,12H,3,6-7,9H2,1H3. The lowest BCUT2D eigenvalue weighted by Gasteiger charge is -2.02. The summed E-state index contributed by atoms with van der Waals surface area (Å²) in [6.45, 7) is 0.138. The minimum absolute atomic E-state index is 0.138. The second kappa shape index (κ2) is 7.21. The molecular weight excluding hydrogens is 212 g/mol. The summed E-state index contributed by atoms with van der Waals surface area (Å²) in [7, 11) is 0. The number of hydrogen-bond acceptors (Lipinski definition) is 3. The molecule has 78 valence electrons. The number of benzene rings is 1. The summed E-state index contributed by atoms with van der Waals surface area (Å²) < 4.78 is 0. The van der Waals surface area contributed by atoms with Gasteiger partial charge in [-0.25, -0.2) is 0 Å². The van der Waals surface area contributed by atoms with Gasteiger partial charge in [-0.15, -0.1) is 11.8 Å². The highest BCUT2D eigenvalue weighted by atomic mass is 32.2. The summed E-state index contributed by atoms with van der Waals surface area (Å²) in [6.07, 6.45) is 3.38. The average molecular weight is 228 g/mol. The topological polar surface area (TPSA) is 20.2 Å². The Bertz CT molecular complexity index is 263. The highest BCUT2D eigenvalue weighted by molar-refractivity contribution is 7.99. The van der Waals surface area contributed by atoms with E-state index in [9.17, 15) is 0 Å². The van der Waals surface area contributed by atoms with Crippen LogP contribution in [0.1, 0.15) is 12.0 Å². The maximum absolute atomic E-state index is 8.96. The fraction of sp³-hybridized carbons (Fsp3) is 0.455. The van der Waals surface area contributed by atoms with E-state index in [1.807, 2.05) is 35.7 Å². The zero-order valence-electron chi connectivity index (χ0n) is 8.40. The van der Waals surface area contributed by atoms with E-state index in [4.69, 9.17) is 5.11 Å². The molecular formula is C11H16OS2. The van der Waals surface area contributed by atoms with Gasteiger partial charge in [-0.1, -0.05) is 12.1 Å². The van der Waals surface area contributed by atoms with Crippen molar-refractivity contribution >= 4 is 23.5 Å². The molecule has 1 aromatic rings. The first-order chi connectivity index (χ1) is 6.86. The zero-order chi connectivity index (χ0) is 10.2. The van der Waals surface area contributed by atoms with E-state index in [0.717, 1.165) is 11.3 Å². The summed E-state index contributed by atoms with van der Waals surface area (Å²) in [4.78, 5) is 1.26. The van der Waals surface area contributed by atoms with Gasteiger partial charge in [0.05, 0.1) is 6.61 Å². The van der Waals surface area contributed by atoms with E-state index < -0.39 is 0 Å². The lowest BCUT2D eigenvalue weighted by atomic mass is 10.2. The summed E-state index contributed by atoms with van der Waals surface area (Å²) in [5, 5.41) is 8.96. The molecule has 0 aliphatic rings. The van der Waals surface area contributed by atoms with Crippen LogP contribution in [-0.2, 0) is 6.61 Å². The lowest BCUT2D eigenvalue weighted by molar-refractivity contribution is 0.281. The van der Waals surface area contributed by atoms with Crippen molar-refractivity contribution in [3.8, 4) is 0 Å². The lowest BCUT2D eigenvalue weighted by Crippen LogP contribution is -1.85. The molecule has 0 atom stereocenters. The van der Waals surface area contributed by atoms with Crippen LogP contribution in [0.15, 0.2) is 29.2 Å².